The van der Waals surface area contributed by atoms with Crippen LogP contribution < -0.4 is 0 Å². The number of carbonyl (C=O) groups is 1. The second-order valence-corrected chi connectivity index (χ2v) is 9.65. The summed E-state index contributed by atoms with van der Waals surface area (Å²) in [4.78, 5) is 20.5. The Kier molecular flexibility index (Phi) is 8.89. The summed E-state index contributed by atoms with van der Waals surface area (Å²) in [5, 5.41) is 0. The summed E-state index contributed by atoms with van der Waals surface area (Å²) < 4.78 is 11.6. The fraction of sp³-hybridized carbons (Fsp3) is 0.419. The van der Waals surface area contributed by atoms with E-state index in [2.05, 4.69) is 73.4 Å². The molecule has 190 valence electrons. The predicted molar refractivity (Wildman–Crippen MR) is 144 cm³/mol. The summed E-state index contributed by atoms with van der Waals surface area (Å²) in [6.07, 6.45) is 4.60. The Bertz CT molecular complexity index is 1080. The second-order valence-electron chi connectivity index (χ2n) is 9.65. The van der Waals surface area contributed by atoms with Gasteiger partial charge in [-0.3, -0.25) is 9.78 Å². The van der Waals surface area contributed by atoms with E-state index in [-0.39, 0.29) is 23.8 Å². The van der Waals surface area contributed by atoms with E-state index in [1.54, 1.807) is 6.20 Å². The van der Waals surface area contributed by atoms with Crippen LogP contribution in [-0.4, -0.2) is 47.9 Å². The Morgan fingerprint density at radius 1 is 0.917 bits per heavy atom. The van der Waals surface area contributed by atoms with E-state index >= 15 is 0 Å². The Hall–Kier alpha value is -3.02. The Balaban J connectivity index is 1.67. The van der Waals surface area contributed by atoms with E-state index < -0.39 is 6.29 Å². The summed E-state index contributed by atoms with van der Waals surface area (Å²) in [6.45, 7) is 9.53. The van der Waals surface area contributed by atoms with Crippen LogP contribution in [0.15, 0.2) is 73.1 Å². The molecule has 1 heterocycles. The summed E-state index contributed by atoms with van der Waals surface area (Å²) in [6, 6.07) is 21.2. The van der Waals surface area contributed by atoms with Crippen molar-refractivity contribution in [1.82, 2.24) is 9.88 Å². The van der Waals surface area contributed by atoms with Gasteiger partial charge in [0.05, 0.1) is 6.54 Å². The molecule has 1 atom stereocenters. The SMILES string of the molecule is CCOC(CN(C(=O)C(Cc1cccnc1)CC1c2ccccc2-c2ccccc21)C(C)C)OCC. The van der Waals surface area contributed by atoms with Gasteiger partial charge >= 0.3 is 0 Å². The maximum Gasteiger partial charge on any atom is 0.226 e. The molecule has 0 saturated carbocycles. The molecule has 1 aliphatic rings. The van der Waals surface area contributed by atoms with E-state index in [1.807, 2.05) is 31.0 Å². The third-order valence-corrected chi connectivity index (χ3v) is 6.99. The average Bonchev–Trinajstić information content (AvgIpc) is 3.21. The lowest BCUT2D eigenvalue weighted by molar-refractivity contribution is -0.164. The number of carbonyl (C=O) groups excluding carboxylic acids is 1. The van der Waals surface area contributed by atoms with Crippen LogP contribution in [0.5, 0.6) is 0 Å². The van der Waals surface area contributed by atoms with Crippen LogP contribution in [0.3, 0.4) is 0 Å². The number of nitrogens with zero attached hydrogens (tertiary/aromatic N) is 2. The first-order valence-corrected chi connectivity index (χ1v) is 13.1. The quantitative estimate of drug-likeness (QED) is 0.291. The van der Waals surface area contributed by atoms with Gasteiger partial charge in [0.25, 0.3) is 0 Å². The van der Waals surface area contributed by atoms with E-state index in [4.69, 9.17) is 9.47 Å². The van der Waals surface area contributed by atoms with Gasteiger partial charge in [0.2, 0.25) is 5.91 Å². The van der Waals surface area contributed by atoms with Crippen LogP contribution in [0.25, 0.3) is 11.1 Å². The number of aromatic nitrogens is 1. The molecule has 0 radical (unpaired) electrons. The summed E-state index contributed by atoms with van der Waals surface area (Å²) in [5.41, 5.74) is 6.24. The zero-order valence-corrected chi connectivity index (χ0v) is 21.9. The fourth-order valence-corrected chi connectivity index (χ4v) is 5.35. The average molecular weight is 487 g/mol. The second kappa shape index (κ2) is 12.3. The molecule has 0 bridgehead atoms. The largest absolute Gasteiger partial charge is 0.351 e. The minimum atomic E-state index is -0.432. The predicted octanol–water partition coefficient (Wildman–Crippen LogP) is 6.08. The van der Waals surface area contributed by atoms with Crippen LogP contribution >= 0.6 is 0 Å². The molecule has 5 heteroatoms. The van der Waals surface area contributed by atoms with Crippen molar-refractivity contribution in [3.05, 3.63) is 89.7 Å². The first-order chi connectivity index (χ1) is 17.5. The normalized spacial score (nSPS) is 13.6. The highest BCUT2D eigenvalue weighted by Gasteiger charge is 2.35. The van der Waals surface area contributed by atoms with E-state index in [1.165, 1.54) is 22.3 Å². The summed E-state index contributed by atoms with van der Waals surface area (Å²) in [7, 11) is 0. The highest BCUT2D eigenvalue weighted by Crippen LogP contribution is 2.47. The molecule has 1 aromatic heterocycles. The van der Waals surface area contributed by atoms with Crippen molar-refractivity contribution in [3.63, 3.8) is 0 Å². The molecule has 0 N–H and O–H groups in total. The van der Waals surface area contributed by atoms with Gasteiger partial charge in [-0.25, -0.2) is 0 Å². The van der Waals surface area contributed by atoms with Crippen molar-refractivity contribution >= 4 is 5.91 Å². The fourth-order valence-electron chi connectivity index (χ4n) is 5.35. The third kappa shape index (κ3) is 5.85. The zero-order valence-electron chi connectivity index (χ0n) is 21.9. The lowest BCUT2D eigenvalue weighted by atomic mass is 9.83. The summed E-state index contributed by atoms with van der Waals surface area (Å²) in [5.74, 6) is 0.108. The van der Waals surface area contributed by atoms with Crippen LogP contribution in [-0.2, 0) is 20.7 Å². The van der Waals surface area contributed by atoms with E-state index in [0.29, 0.717) is 26.2 Å². The maximum atomic E-state index is 14.2. The number of rotatable bonds is 12. The molecule has 0 spiro atoms. The molecular weight excluding hydrogens is 448 g/mol. The van der Waals surface area contributed by atoms with Crippen LogP contribution in [0, 0.1) is 5.92 Å². The van der Waals surface area contributed by atoms with E-state index in [9.17, 15) is 4.79 Å². The van der Waals surface area contributed by atoms with Crippen molar-refractivity contribution in [2.75, 3.05) is 19.8 Å². The van der Waals surface area contributed by atoms with Crippen LogP contribution in [0.4, 0.5) is 0 Å². The highest BCUT2D eigenvalue weighted by atomic mass is 16.7. The van der Waals surface area contributed by atoms with Crippen molar-refractivity contribution in [2.24, 2.45) is 5.92 Å². The molecule has 0 fully saturated rings. The number of hydrogen-bond acceptors (Lipinski definition) is 4. The number of pyridine rings is 1. The monoisotopic (exact) mass is 486 g/mol. The first-order valence-electron chi connectivity index (χ1n) is 13.1. The number of hydrogen-bond donors (Lipinski definition) is 0. The molecule has 1 amide bonds. The Labute approximate surface area is 215 Å². The van der Waals surface area contributed by atoms with Crippen molar-refractivity contribution < 1.29 is 14.3 Å². The van der Waals surface area contributed by atoms with E-state index in [0.717, 1.165) is 12.0 Å². The van der Waals surface area contributed by atoms with Gasteiger partial charge in [0.1, 0.15) is 0 Å². The number of benzene rings is 2. The molecule has 1 aliphatic carbocycles. The van der Waals surface area contributed by atoms with Gasteiger partial charge in [0.15, 0.2) is 6.29 Å². The molecule has 0 aliphatic heterocycles. The minimum absolute atomic E-state index is 0.0282. The minimum Gasteiger partial charge on any atom is -0.351 e. The van der Waals surface area contributed by atoms with Gasteiger partial charge in [-0.15, -0.1) is 0 Å². The molecule has 2 aromatic carbocycles. The molecule has 36 heavy (non-hydrogen) atoms. The molecule has 0 saturated heterocycles. The molecule has 4 rings (SSSR count). The standard InChI is InChI=1S/C31H38N2O3/c1-5-35-30(36-6-2)21-33(22(3)4)31(34)24(18-23-12-11-17-32-20-23)19-29-27-15-9-7-13-25(27)26-14-8-10-16-28(26)29/h7-17,20,22,24,29-30H,5-6,18-19,21H2,1-4H3. The Morgan fingerprint density at radius 2 is 1.53 bits per heavy atom. The highest BCUT2D eigenvalue weighted by molar-refractivity contribution is 5.82. The van der Waals surface area contributed by atoms with Gasteiger partial charge in [-0.2, -0.15) is 0 Å². The number of ether oxygens (including phenoxy) is 2. The van der Waals surface area contributed by atoms with Crippen LogP contribution in [0.2, 0.25) is 0 Å². The van der Waals surface area contributed by atoms with Gasteiger partial charge in [-0.1, -0.05) is 54.6 Å². The molecule has 1 unspecified atom stereocenters. The molecular formula is C31H38N2O3. The Morgan fingerprint density at radius 3 is 2.06 bits per heavy atom. The topological polar surface area (TPSA) is 51.7 Å². The van der Waals surface area contributed by atoms with Gasteiger partial charge in [0, 0.05) is 43.5 Å². The smallest absolute Gasteiger partial charge is 0.226 e. The van der Waals surface area contributed by atoms with Crippen molar-refractivity contribution in [1.29, 1.82) is 0 Å². The molecule has 5 nitrogen and oxygen atoms in total. The van der Waals surface area contributed by atoms with Crippen molar-refractivity contribution in [3.8, 4) is 11.1 Å². The lowest BCUT2D eigenvalue weighted by Gasteiger charge is -2.34. The maximum absolute atomic E-state index is 14.2. The number of fused-ring (bicyclic) bond motifs is 3. The summed E-state index contributed by atoms with van der Waals surface area (Å²) >= 11 is 0. The van der Waals surface area contributed by atoms with Crippen LogP contribution in [0.1, 0.15) is 56.7 Å². The first kappa shape index (κ1) is 26.1. The van der Waals surface area contributed by atoms with Gasteiger partial charge in [-0.05, 0) is 74.4 Å². The number of amides is 1. The van der Waals surface area contributed by atoms with Gasteiger partial charge < -0.3 is 14.4 Å². The molecule has 3 aromatic rings. The third-order valence-electron chi connectivity index (χ3n) is 6.99. The lowest BCUT2D eigenvalue weighted by Crippen LogP contribution is -2.47. The zero-order chi connectivity index (χ0) is 25.5. The van der Waals surface area contributed by atoms with Crippen molar-refractivity contribution in [2.45, 2.75) is 58.8 Å².